The van der Waals surface area contributed by atoms with E-state index in [1.54, 1.807) is 18.8 Å². The molecule has 2 N–H and O–H groups in total. The zero-order chi connectivity index (χ0) is 14.1. The number of fused-ring (bicyclic) bond motifs is 1. The number of amides is 1. The molecule has 5 heteroatoms. The Bertz CT molecular complexity index is 660. The van der Waals surface area contributed by atoms with E-state index in [1.807, 2.05) is 42.5 Å². The number of nitrogens with one attached hydrogen (secondary N) is 2. The van der Waals surface area contributed by atoms with Gasteiger partial charge in [0.25, 0.3) is 0 Å². The average molecular weight is 305 g/mol. The van der Waals surface area contributed by atoms with E-state index in [-0.39, 0.29) is 11.9 Å². The molecule has 1 amide bonds. The summed E-state index contributed by atoms with van der Waals surface area (Å²) in [4.78, 5) is 13.9. The first-order chi connectivity index (χ1) is 9.69. The summed E-state index contributed by atoms with van der Waals surface area (Å²) < 4.78 is 0. The van der Waals surface area contributed by atoms with Gasteiger partial charge in [0.15, 0.2) is 0 Å². The quantitative estimate of drug-likeness (QED) is 0.908. The van der Waals surface area contributed by atoms with Gasteiger partial charge in [0, 0.05) is 21.0 Å². The summed E-state index contributed by atoms with van der Waals surface area (Å²) in [5, 5.41) is 6.53. The van der Waals surface area contributed by atoms with Crippen LogP contribution in [0.2, 0.25) is 5.02 Å². The van der Waals surface area contributed by atoms with Gasteiger partial charge in [-0.3, -0.25) is 4.79 Å². The monoisotopic (exact) mass is 304 g/mol. The summed E-state index contributed by atoms with van der Waals surface area (Å²) >= 11 is 7.93. The summed E-state index contributed by atoms with van der Waals surface area (Å²) in [6.45, 7) is 0. The fraction of sp³-hybridized carbons (Fsp3) is 0.133. The van der Waals surface area contributed by atoms with Crippen LogP contribution in [0, 0.1) is 0 Å². The lowest BCUT2D eigenvalue weighted by atomic mass is 10.1. The number of hydrogen-bond acceptors (Lipinski definition) is 3. The number of halogens is 1. The molecule has 3 rings (SSSR count). The molecule has 1 heterocycles. The van der Waals surface area contributed by atoms with Crippen molar-refractivity contribution >= 4 is 35.0 Å². The van der Waals surface area contributed by atoms with E-state index in [9.17, 15) is 4.79 Å². The fourth-order valence-electron chi connectivity index (χ4n) is 2.24. The van der Waals surface area contributed by atoms with E-state index in [0.29, 0.717) is 5.02 Å². The first-order valence-electron chi connectivity index (χ1n) is 6.23. The highest BCUT2D eigenvalue weighted by Gasteiger charge is 2.30. The molecule has 1 unspecified atom stereocenters. The maximum atomic E-state index is 11.8. The Morgan fingerprint density at radius 3 is 2.70 bits per heavy atom. The van der Waals surface area contributed by atoms with Crippen molar-refractivity contribution in [1.29, 1.82) is 0 Å². The zero-order valence-electron chi connectivity index (χ0n) is 10.8. The van der Waals surface area contributed by atoms with Gasteiger partial charge in [-0.15, -0.1) is 0 Å². The molecule has 0 saturated carbocycles. The highest BCUT2D eigenvalue weighted by molar-refractivity contribution is 7.99. The third-order valence-corrected chi connectivity index (χ3v) is 4.69. The first-order valence-corrected chi connectivity index (χ1v) is 7.43. The Hall–Kier alpha value is -1.49. The minimum absolute atomic E-state index is 0.0413. The van der Waals surface area contributed by atoms with Crippen LogP contribution >= 0.6 is 23.4 Å². The van der Waals surface area contributed by atoms with Gasteiger partial charge >= 0.3 is 0 Å². The summed E-state index contributed by atoms with van der Waals surface area (Å²) in [5.74, 6) is -0.0413. The van der Waals surface area contributed by atoms with Crippen LogP contribution in [0.15, 0.2) is 52.3 Å². The van der Waals surface area contributed by atoms with Gasteiger partial charge in [0.1, 0.15) is 6.04 Å². The number of carbonyl (C=O) groups is 1. The number of carbonyl (C=O) groups excluding carboxylic acids is 1. The molecule has 102 valence electrons. The van der Waals surface area contributed by atoms with E-state index < -0.39 is 0 Å². The van der Waals surface area contributed by atoms with Crippen molar-refractivity contribution in [1.82, 2.24) is 5.32 Å². The van der Waals surface area contributed by atoms with Crippen molar-refractivity contribution < 1.29 is 4.79 Å². The van der Waals surface area contributed by atoms with Crippen LogP contribution in [-0.2, 0) is 4.79 Å². The van der Waals surface area contributed by atoms with Gasteiger partial charge in [-0.2, -0.15) is 0 Å². The Morgan fingerprint density at radius 1 is 1.25 bits per heavy atom. The van der Waals surface area contributed by atoms with E-state index in [1.165, 1.54) is 0 Å². The molecule has 0 bridgehead atoms. The van der Waals surface area contributed by atoms with Gasteiger partial charge < -0.3 is 10.6 Å². The van der Waals surface area contributed by atoms with Crippen LogP contribution in [0.25, 0.3) is 0 Å². The topological polar surface area (TPSA) is 41.1 Å². The number of hydrogen-bond donors (Lipinski definition) is 2. The molecule has 0 aliphatic carbocycles. The molecule has 1 atom stereocenters. The van der Waals surface area contributed by atoms with E-state index >= 15 is 0 Å². The normalized spacial score (nSPS) is 16.9. The lowest BCUT2D eigenvalue weighted by Crippen LogP contribution is -2.23. The molecule has 0 spiro atoms. The van der Waals surface area contributed by atoms with Crippen LogP contribution in [0.4, 0.5) is 5.69 Å². The van der Waals surface area contributed by atoms with Crippen LogP contribution in [0.3, 0.4) is 0 Å². The van der Waals surface area contributed by atoms with Crippen LogP contribution in [0.5, 0.6) is 0 Å². The standard InChI is InChI=1S/C15H13ClN2OS/c1-17-14-10-7-11(16)13(8-12(10)18-15(14)19)20-9-5-3-2-4-6-9/h2-8,14,17H,1H3,(H,18,19). The molecule has 1 aliphatic rings. The first kappa shape index (κ1) is 13.5. The van der Waals surface area contributed by atoms with Crippen molar-refractivity contribution in [3.63, 3.8) is 0 Å². The second-order valence-corrected chi connectivity index (χ2v) is 6.02. The van der Waals surface area contributed by atoms with Crippen molar-refractivity contribution in [2.45, 2.75) is 15.8 Å². The summed E-state index contributed by atoms with van der Waals surface area (Å²) in [6, 6.07) is 13.5. The predicted molar refractivity (Wildman–Crippen MR) is 82.4 cm³/mol. The minimum atomic E-state index is -0.321. The Morgan fingerprint density at radius 2 is 2.00 bits per heavy atom. The lowest BCUT2D eigenvalue weighted by Gasteiger charge is -2.09. The van der Waals surface area contributed by atoms with E-state index in [2.05, 4.69) is 10.6 Å². The minimum Gasteiger partial charge on any atom is -0.324 e. The Labute approximate surface area is 126 Å². The zero-order valence-corrected chi connectivity index (χ0v) is 12.4. The molecule has 20 heavy (non-hydrogen) atoms. The highest BCUT2D eigenvalue weighted by Crippen LogP contribution is 2.40. The lowest BCUT2D eigenvalue weighted by molar-refractivity contribution is -0.117. The largest absolute Gasteiger partial charge is 0.324 e. The van der Waals surface area contributed by atoms with Crippen LogP contribution in [0.1, 0.15) is 11.6 Å². The van der Waals surface area contributed by atoms with Gasteiger partial charge in [-0.1, -0.05) is 41.6 Å². The van der Waals surface area contributed by atoms with Gasteiger partial charge in [-0.25, -0.2) is 0 Å². The molecule has 2 aromatic rings. The molecular formula is C15H13ClN2OS. The highest BCUT2D eigenvalue weighted by atomic mass is 35.5. The van der Waals surface area contributed by atoms with Crippen molar-refractivity contribution in [2.75, 3.05) is 12.4 Å². The molecule has 0 saturated heterocycles. The van der Waals surface area contributed by atoms with Crippen molar-refractivity contribution in [2.24, 2.45) is 0 Å². The third kappa shape index (κ3) is 2.42. The molecule has 1 aliphatic heterocycles. The maximum absolute atomic E-state index is 11.8. The van der Waals surface area contributed by atoms with Crippen molar-refractivity contribution in [3.05, 3.63) is 53.1 Å². The van der Waals surface area contributed by atoms with E-state index in [4.69, 9.17) is 11.6 Å². The molecule has 0 fully saturated rings. The Balaban J connectivity index is 1.96. The molecule has 0 aromatic heterocycles. The summed E-state index contributed by atoms with van der Waals surface area (Å²) in [7, 11) is 1.76. The number of rotatable bonds is 3. The van der Waals surface area contributed by atoms with Gasteiger partial charge in [-0.05, 0) is 31.3 Å². The third-order valence-electron chi connectivity index (χ3n) is 3.19. The number of anilines is 1. The number of benzene rings is 2. The molecule has 2 aromatic carbocycles. The smallest absolute Gasteiger partial charge is 0.246 e. The number of likely N-dealkylation sites (N-methyl/N-ethyl adjacent to an activating group) is 1. The summed E-state index contributed by atoms with van der Waals surface area (Å²) in [6.07, 6.45) is 0. The molecular weight excluding hydrogens is 292 g/mol. The van der Waals surface area contributed by atoms with Gasteiger partial charge in [0.05, 0.1) is 5.02 Å². The second-order valence-electron chi connectivity index (χ2n) is 4.50. The van der Waals surface area contributed by atoms with Crippen LogP contribution in [-0.4, -0.2) is 13.0 Å². The molecule has 0 radical (unpaired) electrons. The second kappa shape index (κ2) is 5.48. The Kier molecular flexibility index (Phi) is 3.70. The van der Waals surface area contributed by atoms with E-state index in [0.717, 1.165) is 21.0 Å². The van der Waals surface area contributed by atoms with Gasteiger partial charge in [0.2, 0.25) is 5.91 Å². The average Bonchev–Trinajstić information content (AvgIpc) is 2.75. The predicted octanol–water partition coefficient (Wildman–Crippen LogP) is 3.70. The maximum Gasteiger partial charge on any atom is 0.246 e. The summed E-state index contributed by atoms with van der Waals surface area (Å²) in [5.41, 5.74) is 1.73. The van der Waals surface area contributed by atoms with Crippen LogP contribution < -0.4 is 10.6 Å². The fourth-order valence-corrected chi connectivity index (χ4v) is 3.41. The van der Waals surface area contributed by atoms with Crippen molar-refractivity contribution in [3.8, 4) is 0 Å². The SMILES string of the molecule is CNC1C(=O)Nc2cc(Sc3ccccc3)c(Cl)cc21. The molecule has 3 nitrogen and oxygen atoms in total.